The molecule has 0 saturated carbocycles. The van der Waals surface area contributed by atoms with Crippen molar-refractivity contribution in [2.45, 2.75) is 39.0 Å². The molecule has 8 aromatic rings. The zero-order valence-electron chi connectivity index (χ0n) is 31.3. The minimum absolute atomic E-state index is 0.324. The predicted molar refractivity (Wildman–Crippen MR) is 233 cm³/mol. The maximum atomic E-state index is 4.94. The van der Waals surface area contributed by atoms with Gasteiger partial charge in [0.2, 0.25) is 0 Å². The second-order valence-electron chi connectivity index (χ2n) is 15.1. The molecular formula is C45H44N6P2. The molecule has 4 aromatic heterocycles. The molecule has 0 N–H and O–H groups in total. The Morgan fingerprint density at radius 2 is 0.830 bits per heavy atom. The average Bonchev–Trinajstić information content (AvgIpc) is 3.18. The average molecular weight is 731 g/mol. The Balaban J connectivity index is 1.50. The van der Waals surface area contributed by atoms with E-state index in [-0.39, 0.29) is 0 Å². The van der Waals surface area contributed by atoms with Crippen LogP contribution in [0.4, 0.5) is 22.7 Å². The topological polar surface area (TPSA) is 58.0 Å². The van der Waals surface area contributed by atoms with Crippen molar-refractivity contribution in [3.05, 3.63) is 122 Å². The van der Waals surface area contributed by atoms with Gasteiger partial charge in [-0.3, -0.25) is 0 Å². The van der Waals surface area contributed by atoms with Crippen LogP contribution in [0.25, 0.3) is 43.6 Å². The minimum atomic E-state index is -2.62. The van der Waals surface area contributed by atoms with Gasteiger partial charge in [0.1, 0.15) is 0 Å². The Labute approximate surface area is 313 Å². The van der Waals surface area contributed by atoms with Gasteiger partial charge in [0.25, 0.3) is 0 Å². The van der Waals surface area contributed by atoms with Gasteiger partial charge in [-0.2, -0.15) is 0 Å². The molecule has 0 unspecified atom stereocenters. The summed E-state index contributed by atoms with van der Waals surface area (Å²) in [6.45, 7) is 12.1. The number of benzene rings is 4. The Bertz CT molecular complexity index is 2550. The van der Waals surface area contributed by atoms with Gasteiger partial charge in [-0.25, -0.2) is 0 Å². The molecular weight excluding hydrogens is 686 g/mol. The van der Waals surface area contributed by atoms with E-state index in [4.69, 9.17) is 19.9 Å². The van der Waals surface area contributed by atoms with Gasteiger partial charge < -0.3 is 0 Å². The van der Waals surface area contributed by atoms with E-state index >= 15 is 0 Å². The van der Waals surface area contributed by atoms with Crippen molar-refractivity contribution in [3.8, 4) is 0 Å². The molecule has 264 valence electrons. The molecule has 0 spiro atoms. The molecule has 6 nitrogen and oxygen atoms in total. The summed E-state index contributed by atoms with van der Waals surface area (Å²) in [4.78, 5) is 24.7. The fraction of sp³-hybridized carbons (Fsp3) is 0.200. The van der Waals surface area contributed by atoms with Gasteiger partial charge in [-0.05, 0) is 0 Å². The van der Waals surface area contributed by atoms with Crippen LogP contribution in [0.15, 0.2) is 122 Å². The number of hydrogen-bond donors (Lipinski definition) is 0. The standard InChI is InChI=1S/C45H44N6P2/c1-28(2)52-42-24-34-30(12-8-16-46-34)20-38(42)50(5)40-22-32-14-10-18-48-36(32)26-44(40)53(7,29(3)4)45-27-37-33(15-11-19-49-37)23-41(45)51(6)39-21-31-13-9-17-47-35(31)25-43(39)52/h8-29,53H,1-7H3. The second kappa shape index (κ2) is 12.8. The van der Waals surface area contributed by atoms with E-state index in [1.807, 2.05) is 49.1 Å². The first kappa shape index (κ1) is 33.8. The molecule has 9 rings (SSSR count). The second-order valence-corrected chi connectivity index (χ2v) is 22.5. The van der Waals surface area contributed by atoms with Gasteiger partial charge in [-0.1, -0.05) is 0 Å². The van der Waals surface area contributed by atoms with Crippen LogP contribution in [-0.4, -0.2) is 52.0 Å². The summed E-state index contributed by atoms with van der Waals surface area (Å²) >= 11 is 0. The zero-order valence-corrected chi connectivity index (χ0v) is 33.2. The molecule has 0 amide bonds. The van der Waals surface area contributed by atoms with Gasteiger partial charge in [0.15, 0.2) is 0 Å². The Kier molecular flexibility index (Phi) is 8.18. The summed E-state index contributed by atoms with van der Waals surface area (Å²) in [6.07, 6.45) is 7.66. The first-order valence-electron chi connectivity index (χ1n) is 18.5. The third kappa shape index (κ3) is 5.38. The van der Waals surface area contributed by atoms with Crippen LogP contribution >= 0.6 is 15.2 Å². The molecule has 53 heavy (non-hydrogen) atoms. The monoisotopic (exact) mass is 730 g/mol. The van der Waals surface area contributed by atoms with E-state index in [0.717, 1.165) is 43.6 Å². The number of nitrogens with zero attached hydrogens (tertiary/aromatic N) is 6. The number of rotatable bonds is 2. The van der Waals surface area contributed by atoms with Crippen molar-refractivity contribution in [3.63, 3.8) is 0 Å². The first-order chi connectivity index (χ1) is 25.6. The molecule has 1 aliphatic heterocycles. The van der Waals surface area contributed by atoms with Crippen LogP contribution in [0.5, 0.6) is 0 Å². The number of aromatic nitrogens is 4. The Morgan fingerprint density at radius 1 is 0.491 bits per heavy atom. The van der Waals surface area contributed by atoms with E-state index in [0.29, 0.717) is 11.3 Å². The first-order valence-corrected chi connectivity index (χ1v) is 22.4. The molecule has 0 atom stereocenters. The summed E-state index contributed by atoms with van der Waals surface area (Å²) in [6, 6.07) is 36.1. The molecule has 0 bridgehead atoms. The Hall–Kier alpha value is -5.02. The molecule has 4 aromatic carbocycles. The summed E-state index contributed by atoms with van der Waals surface area (Å²) in [5.41, 5.74) is 9.64. The van der Waals surface area contributed by atoms with Gasteiger partial charge in [0.05, 0.1) is 0 Å². The fourth-order valence-electron chi connectivity index (χ4n) is 8.43. The predicted octanol–water partition coefficient (Wildman–Crippen LogP) is 9.31. The molecule has 0 aliphatic carbocycles. The van der Waals surface area contributed by atoms with Crippen molar-refractivity contribution in [2.24, 2.45) is 0 Å². The molecule has 0 saturated heterocycles. The number of pyridine rings is 4. The molecule has 5 heterocycles. The van der Waals surface area contributed by atoms with Crippen LogP contribution < -0.4 is 31.0 Å². The summed E-state index contributed by atoms with van der Waals surface area (Å²) in [7, 11) is 1.01. The number of fused-ring (bicyclic) bond motifs is 8. The van der Waals surface area contributed by atoms with E-state index in [1.165, 1.54) is 44.0 Å². The van der Waals surface area contributed by atoms with E-state index in [1.54, 1.807) is 0 Å². The summed E-state index contributed by atoms with van der Waals surface area (Å²) in [5, 5.41) is 9.95. The quantitative estimate of drug-likeness (QED) is 0.165. The third-order valence-electron chi connectivity index (χ3n) is 11.6. The van der Waals surface area contributed by atoms with Gasteiger partial charge in [0, 0.05) is 0 Å². The molecule has 1 aliphatic rings. The number of hydrogen-bond acceptors (Lipinski definition) is 6. The van der Waals surface area contributed by atoms with Crippen LogP contribution in [0, 0.1) is 0 Å². The van der Waals surface area contributed by atoms with E-state index in [2.05, 4.69) is 131 Å². The van der Waals surface area contributed by atoms with Crippen molar-refractivity contribution in [2.75, 3.05) is 30.6 Å². The molecule has 0 fully saturated rings. The van der Waals surface area contributed by atoms with Gasteiger partial charge >= 0.3 is 314 Å². The normalized spacial score (nSPS) is 16.3. The zero-order chi connectivity index (χ0) is 36.6. The van der Waals surface area contributed by atoms with Crippen LogP contribution in [0.1, 0.15) is 27.7 Å². The van der Waals surface area contributed by atoms with Crippen molar-refractivity contribution < 1.29 is 0 Å². The summed E-state index contributed by atoms with van der Waals surface area (Å²) in [5.74, 6) is 0. The van der Waals surface area contributed by atoms with Crippen LogP contribution in [-0.2, 0) is 0 Å². The van der Waals surface area contributed by atoms with Crippen molar-refractivity contribution in [1.29, 1.82) is 0 Å². The van der Waals surface area contributed by atoms with Gasteiger partial charge in [-0.15, -0.1) is 0 Å². The van der Waals surface area contributed by atoms with E-state index in [9.17, 15) is 0 Å². The summed E-state index contributed by atoms with van der Waals surface area (Å²) < 4.78 is 0. The number of anilines is 4. The molecule has 8 heteroatoms. The third-order valence-corrected chi connectivity index (χ3v) is 19.7. The SMILES string of the molecule is CC(C)P1c2cc3ncccc3cc2N(C)c2cc3cccnc3cc2[PH](C)(C(C)C)c2cc3ncccc3cc2N(C)c2cc3cccnc3cc21. The van der Waals surface area contributed by atoms with E-state index < -0.39 is 15.2 Å². The molecule has 0 radical (unpaired) electrons. The maximum absolute atomic E-state index is 4.94. The van der Waals surface area contributed by atoms with Crippen molar-refractivity contribution >= 4 is 103 Å². The fourth-order valence-corrected chi connectivity index (χ4v) is 15.2. The van der Waals surface area contributed by atoms with Crippen molar-refractivity contribution in [1.82, 2.24) is 19.9 Å². The Morgan fingerprint density at radius 3 is 1.17 bits per heavy atom. The van der Waals surface area contributed by atoms with Crippen LogP contribution in [0.3, 0.4) is 0 Å². The van der Waals surface area contributed by atoms with Crippen LogP contribution in [0.2, 0.25) is 0 Å².